The van der Waals surface area contributed by atoms with Crippen LogP contribution in [0, 0.1) is 0 Å². The number of aromatic nitrogens is 1. The highest BCUT2D eigenvalue weighted by atomic mass is 16.4. The van der Waals surface area contributed by atoms with Crippen molar-refractivity contribution in [1.29, 1.82) is 0 Å². The van der Waals surface area contributed by atoms with E-state index in [4.69, 9.17) is 5.11 Å². The molecule has 2 atom stereocenters. The first kappa shape index (κ1) is 22.1. The molecule has 28 heavy (non-hydrogen) atoms. The zero-order chi connectivity index (χ0) is 20.4. The fraction of sp³-hybridized carbons (Fsp3) is 0.478. The lowest BCUT2D eigenvalue weighted by Crippen LogP contribution is -2.02. The second kappa shape index (κ2) is 11.6. The molecule has 0 saturated heterocycles. The van der Waals surface area contributed by atoms with Crippen molar-refractivity contribution in [1.82, 2.24) is 4.98 Å². The molecule has 1 heterocycles. The molecule has 0 aliphatic rings. The van der Waals surface area contributed by atoms with Gasteiger partial charge in [0.1, 0.15) is 0 Å². The molecule has 0 saturated carbocycles. The molecule has 2 rings (SSSR count). The maximum absolute atomic E-state index is 10.6. The number of pyridine rings is 1. The summed E-state index contributed by atoms with van der Waals surface area (Å²) < 4.78 is 0. The second-order valence-electron chi connectivity index (χ2n) is 7.25. The summed E-state index contributed by atoms with van der Waals surface area (Å²) in [7, 11) is 0. The van der Waals surface area contributed by atoms with Crippen LogP contribution in [0.3, 0.4) is 0 Å². The minimum absolute atomic E-state index is 0.0519. The van der Waals surface area contributed by atoms with Crippen LogP contribution in [0.15, 0.2) is 36.5 Å². The van der Waals surface area contributed by atoms with Gasteiger partial charge in [0.25, 0.3) is 0 Å². The number of nitrogens with zero attached hydrogens (tertiary/aromatic N) is 1. The number of benzene rings is 1. The van der Waals surface area contributed by atoms with Crippen LogP contribution >= 0.6 is 0 Å². The van der Waals surface area contributed by atoms with Crippen LogP contribution < -0.4 is 0 Å². The van der Waals surface area contributed by atoms with Gasteiger partial charge in [-0.1, -0.05) is 50.8 Å². The molecule has 152 valence electrons. The third-order valence-electron chi connectivity index (χ3n) is 4.90. The normalized spacial score (nSPS) is 13.8. The fourth-order valence-corrected chi connectivity index (χ4v) is 3.24. The smallest absolute Gasteiger partial charge is 0.303 e. The fourth-order valence-electron chi connectivity index (χ4n) is 3.24. The minimum atomic E-state index is -0.851. The van der Waals surface area contributed by atoms with Crippen LogP contribution in [-0.2, 0) is 4.79 Å². The molecule has 0 spiro atoms. The van der Waals surface area contributed by atoms with Crippen molar-refractivity contribution in [2.45, 2.75) is 70.5 Å². The van der Waals surface area contributed by atoms with Crippen molar-refractivity contribution in [3.8, 4) is 0 Å². The summed E-state index contributed by atoms with van der Waals surface area (Å²) in [5.41, 5.74) is 2.51. The largest absolute Gasteiger partial charge is 0.481 e. The van der Waals surface area contributed by atoms with Gasteiger partial charge in [0.2, 0.25) is 0 Å². The molecule has 0 aliphatic heterocycles. The summed E-state index contributed by atoms with van der Waals surface area (Å²) in [5.74, 6) is -0.851. The number of hydrogen-bond acceptors (Lipinski definition) is 4. The van der Waals surface area contributed by atoms with Gasteiger partial charge in [0, 0.05) is 18.0 Å². The van der Waals surface area contributed by atoms with E-state index < -0.39 is 18.2 Å². The van der Waals surface area contributed by atoms with E-state index in [-0.39, 0.29) is 6.42 Å². The monoisotopic (exact) mass is 385 g/mol. The topological polar surface area (TPSA) is 90.7 Å². The van der Waals surface area contributed by atoms with Crippen molar-refractivity contribution in [2.75, 3.05) is 0 Å². The lowest BCUT2D eigenvalue weighted by molar-refractivity contribution is -0.137. The van der Waals surface area contributed by atoms with Crippen LogP contribution in [0.4, 0.5) is 0 Å². The number of carbonyl (C=O) groups is 1. The average Bonchev–Trinajstić information content (AvgIpc) is 2.68. The Hall–Kier alpha value is -2.24. The van der Waals surface area contributed by atoms with Crippen LogP contribution in [-0.4, -0.2) is 32.4 Å². The number of hydrogen-bond donors (Lipinski definition) is 3. The Morgan fingerprint density at radius 1 is 1.11 bits per heavy atom. The molecular formula is C23H31NO4. The highest BCUT2D eigenvalue weighted by Crippen LogP contribution is 2.26. The molecule has 2 unspecified atom stereocenters. The van der Waals surface area contributed by atoms with E-state index in [2.05, 4.69) is 11.9 Å². The third kappa shape index (κ3) is 7.06. The summed E-state index contributed by atoms with van der Waals surface area (Å²) in [6.45, 7) is 2.17. The number of fused-ring (bicyclic) bond motifs is 1. The van der Waals surface area contributed by atoms with Gasteiger partial charge in [-0.2, -0.15) is 0 Å². The molecule has 0 fully saturated rings. The standard InChI is InChI=1S/C23H31NO4/c1-2-3-4-5-7-19(25)12-10-17-14-15-24-21-13-11-18(16-20(17)21)22(26)8-6-9-23(27)28/h10-16,19,22,25-26H,2-9H2,1H3,(H,27,28)/b12-10+. The predicted octanol–water partition coefficient (Wildman–Crippen LogP) is 4.87. The van der Waals surface area contributed by atoms with Crippen molar-refractivity contribution >= 4 is 22.9 Å². The number of carboxylic acid groups (broad SMARTS) is 1. The summed E-state index contributed by atoms with van der Waals surface area (Å²) >= 11 is 0. The average molecular weight is 386 g/mol. The Morgan fingerprint density at radius 2 is 1.93 bits per heavy atom. The van der Waals surface area contributed by atoms with Crippen LogP contribution in [0.1, 0.15) is 75.5 Å². The lowest BCUT2D eigenvalue weighted by atomic mass is 9.99. The van der Waals surface area contributed by atoms with Gasteiger partial charge in [-0.3, -0.25) is 9.78 Å². The van der Waals surface area contributed by atoms with Crippen molar-refractivity contribution < 1.29 is 20.1 Å². The number of aliphatic hydroxyl groups excluding tert-OH is 2. The zero-order valence-corrected chi connectivity index (χ0v) is 16.6. The molecule has 5 nitrogen and oxygen atoms in total. The van der Waals surface area contributed by atoms with Gasteiger partial charge < -0.3 is 15.3 Å². The van der Waals surface area contributed by atoms with E-state index in [9.17, 15) is 15.0 Å². The minimum Gasteiger partial charge on any atom is -0.481 e. The molecule has 0 bridgehead atoms. The molecule has 5 heteroatoms. The van der Waals surface area contributed by atoms with Gasteiger partial charge in [-0.05, 0) is 48.6 Å². The van der Waals surface area contributed by atoms with E-state index in [1.807, 2.05) is 36.4 Å². The first-order chi connectivity index (χ1) is 13.5. The van der Waals surface area contributed by atoms with E-state index in [0.717, 1.165) is 41.3 Å². The van der Waals surface area contributed by atoms with Crippen LogP contribution in [0.5, 0.6) is 0 Å². The Labute approximate surface area is 166 Å². The molecule has 3 N–H and O–H groups in total. The second-order valence-corrected chi connectivity index (χ2v) is 7.25. The van der Waals surface area contributed by atoms with Crippen molar-refractivity contribution in [2.24, 2.45) is 0 Å². The maximum atomic E-state index is 10.6. The van der Waals surface area contributed by atoms with Gasteiger partial charge in [-0.15, -0.1) is 0 Å². The van der Waals surface area contributed by atoms with E-state index >= 15 is 0 Å². The summed E-state index contributed by atoms with van der Waals surface area (Å²) in [6.07, 6.45) is 10.5. The van der Waals surface area contributed by atoms with Crippen molar-refractivity contribution in [3.63, 3.8) is 0 Å². The molecule has 0 aliphatic carbocycles. The molecule has 0 radical (unpaired) electrons. The molecular weight excluding hydrogens is 354 g/mol. The molecule has 0 amide bonds. The highest BCUT2D eigenvalue weighted by Gasteiger charge is 2.11. The van der Waals surface area contributed by atoms with E-state index in [1.165, 1.54) is 12.8 Å². The Balaban J connectivity index is 2.09. The maximum Gasteiger partial charge on any atom is 0.303 e. The Bertz CT molecular complexity index is 787. The first-order valence-corrected chi connectivity index (χ1v) is 10.2. The zero-order valence-electron chi connectivity index (χ0n) is 16.6. The number of carboxylic acids is 1. The SMILES string of the molecule is CCCCCCC(O)/C=C/c1ccnc2ccc(C(O)CCCC(=O)O)cc12. The summed E-state index contributed by atoms with van der Waals surface area (Å²) in [6, 6.07) is 7.49. The van der Waals surface area contributed by atoms with E-state index in [0.29, 0.717) is 12.8 Å². The number of aliphatic hydroxyl groups is 2. The van der Waals surface area contributed by atoms with Gasteiger partial charge in [0.15, 0.2) is 0 Å². The lowest BCUT2D eigenvalue weighted by Gasteiger charge is -2.12. The molecule has 1 aromatic carbocycles. The summed E-state index contributed by atoms with van der Waals surface area (Å²) in [4.78, 5) is 15.0. The predicted molar refractivity (Wildman–Crippen MR) is 112 cm³/mol. The van der Waals surface area contributed by atoms with Gasteiger partial charge in [0.05, 0.1) is 17.7 Å². The molecule has 2 aromatic rings. The van der Waals surface area contributed by atoms with Gasteiger partial charge >= 0.3 is 5.97 Å². The highest BCUT2D eigenvalue weighted by molar-refractivity contribution is 5.88. The van der Waals surface area contributed by atoms with Crippen LogP contribution in [0.2, 0.25) is 0 Å². The first-order valence-electron chi connectivity index (χ1n) is 10.2. The summed E-state index contributed by atoms with van der Waals surface area (Å²) in [5, 5.41) is 30.2. The quantitative estimate of drug-likeness (QED) is 0.454. The number of unbranched alkanes of at least 4 members (excludes halogenated alkanes) is 3. The van der Waals surface area contributed by atoms with Crippen LogP contribution in [0.25, 0.3) is 17.0 Å². The third-order valence-corrected chi connectivity index (χ3v) is 4.90. The van der Waals surface area contributed by atoms with Crippen molar-refractivity contribution in [3.05, 3.63) is 47.7 Å². The Morgan fingerprint density at radius 3 is 2.68 bits per heavy atom. The van der Waals surface area contributed by atoms with Gasteiger partial charge in [-0.25, -0.2) is 0 Å². The number of aliphatic carboxylic acids is 1. The van der Waals surface area contributed by atoms with E-state index in [1.54, 1.807) is 6.20 Å². The Kier molecular flexibility index (Phi) is 9.11. The molecule has 1 aromatic heterocycles. The number of rotatable bonds is 12.